The van der Waals surface area contributed by atoms with E-state index >= 15 is 0 Å². The van der Waals surface area contributed by atoms with E-state index < -0.39 is 0 Å². The molecule has 1 aromatic heterocycles. The van der Waals surface area contributed by atoms with Crippen LogP contribution in [0.4, 0.5) is 0 Å². The van der Waals surface area contributed by atoms with Gasteiger partial charge in [0.1, 0.15) is 5.52 Å². The number of fused-ring (bicyclic) bond motifs is 1. The van der Waals surface area contributed by atoms with Gasteiger partial charge >= 0.3 is 0 Å². The summed E-state index contributed by atoms with van der Waals surface area (Å²) in [6, 6.07) is 5.26. The highest BCUT2D eigenvalue weighted by Crippen LogP contribution is 2.16. The summed E-state index contributed by atoms with van der Waals surface area (Å²) in [5, 5.41) is 0. The summed E-state index contributed by atoms with van der Waals surface area (Å²) >= 11 is 0. The molecule has 6 heteroatoms. The van der Waals surface area contributed by atoms with Gasteiger partial charge in [-0.25, -0.2) is 4.98 Å². The van der Waals surface area contributed by atoms with Crippen LogP contribution >= 0.6 is 0 Å². The Morgan fingerprint density at radius 2 is 1.91 bits per heavy atom. The van der Waals surface area contributed by atoms with Gasteiger partial charge in [-0.15, -0.1) is 0 Å². The number of aromatic nitrogens is 1. The minimum absolute atomic E-state index is 0.0208. The highest BCUT2D eigenvalue weighted by Gasteiger charge is 2.24. The normalized spacial score (nSPS) is 15.3. The summed E-state index contributed by atoms with van der Waals surface area (Å²) in [4.78, 5) is 32.1. The fraction of sp³-hybridized carbons (Fsp3) is 0.438. The third-order valence-corrected chi connectivity index (χ3v) is 3.96. The van der Waals surface area contributed by atoms with Gasteiger partial charge in [-0.1, -0.05) is 6.92 Å². The molecule has 2 aromatic rings. The molecule has 0 unspecified atom stereocenters. The Balaban J connectivity index is 1.65. The molecule has 6 nitrogen and oxygen atoms in total. The van der Waals surface area contributed by atoms with Crippen molar-refractivity contribution in [2.75, 3.05) is 26.2 Å². The number of carbonyl (C=O) groups excluding carboxylic acids is 2. The maximum Gasteiger partial charge on any atom is 0.254 e. The highest BCUT2D eigenvalue weighted by molar-refractivity contribution is 5.97. The number of rotatable bonds is 3. The Morgan fingerprint density at radius 1 is 1.18 bits per heavy atom. The molecular formula is C16H19N3O3. The highest BCUT2D eigenvalue weighted by atomic mass is 16.3. The number of piperazine rings is 1. The largest absolute Gasteiger partial charge is 0.443 e. The number of carbonyl (C=O) groups is 2. The lowest BCUT2D eigenvalue weighted by Crippen LogP contribution is -2.50. The number of hydrogen-bond acceptors (Lipinski definition) is 4. The lowest BCUT2D eigenvalue weighted by molar-refractivity contribution is -0.132. The van der Waals surface area contributed by atoms with E-state index in [4.69, 9.17) is 4.42 Å². The number of amides is 2. The van der Waals surface area contributed by atoms with E-state index in [1.807, 2.05) is 11.8 Å². The second-order valence-corrected chi connectivity index (χ2v) is 5.46. The van der Waals surface area contributed by atoms with Crippen molar-refractivity contribution in [2.45, 2.75) is 19.8 Å². The first kappa shape index (κ1) is 14.6. The quantitative estimate of drug-likeness (QED) is 0.868. The topological polar surface area (TPSA) is 66.7 Å². The average Bonchev–Trinajstić information content (AvgIpc) is 3.02. The molecule has 0 saturated carbocycles. The van der Waals surface area contributed by atoms with Crippen molar-refractivity contribution < 1.29 is 14.0 Å². The summed E-state index contributed by atoms with van der Waals surface area (Å²) in [5.74, 6) is 0.158. The molecule has 0 spiro atoms. The van der Waals surface area contributed by atoms with E-state index in [0.29, 0.717) is 49.3 Å². The van der Waals surface area contributed by atoms with Gasteiger partial charge < -0.3 is 14.2 Å². The van der Waals surface area contributed by atoms with Crippen molar-refractivity contribution in [3.05, 3.63) is 30.2 Å². The molecule has 1 aliphatic rings. The summed E-state index contributed by atoms with van der Waals surface area (Å²) in [6.45, 7) is 4.36. The van der Waals surface area contributed by atoms with Gasteiger partial charge in [0.05, 0.1) is 0 Å². The molecule has 1 saturated heterocycles. The first-order valence-corrected chi connectivity index (χ1v) is 7.59. The lowest BCUT2D eigenvalue weighted by atomic mass is 10.1. The van der Waals surface area contributed by atoms with Gasteiger partial charge in [-0.2, -0.15) is 0 Å². The summed E-state index contributed by atoms with van der Waals surface area (Å²) in [6.07, 6.45) is 2.81. The Labute approximate surface area is 128 Å². The Morgan fingerprint density at radius 3 is 2.64 bits per heavy atom. The maximum atomic E-state index is 12.5. The molecule has 1 fully saturated rings. The summed E-state index contributed by atoms with van der Waals surface area (Å²) < 4.78 is 5.18. The predicted molar refractivity (Wildman–Crippen MR) is 81.4 cm³/mol. The van der Waals surface area contributed by atoms with Gasteiger partial charge in [0.25, 0.3) is 5.91 Å². The van der Waals surface area contributed by atoms with Crippen molar-refractivity contribution in [2.24, 2.45) is 0 Å². The number of nitrogens with zero attached hydrogens (tertiary/aromatic N) is 3. The van der Waals surface area contributed by atoms with Crippen LogP contribution in [0.25, 0.3) is 11.1 Å². The molecular weight excluding hydrogens is 282 g/mol. The van der Waals surface area contributed by atoms with E-state index in [0.717, 1.165) is 6.42 Å². The van der Waals surface area contributed by atoms with Crippen LogP contribution in [0.15, 0.2) is 29.0 Å². The number of benzene rings is 1. The van der Waals surface area contributed by atoms with Gasteiger partial charge in [0, 0.05) is 38.2 Å². The molecule has 0 aliphatic carbocycles. The molecule has 2 heterocycles. The molecule has 116 valence electrons. The SMILES string of the molecule is CCCC(=O)N1CCN(C(=O)c2ccc3ocnc3c2)CC1. The second kappa shape index (κ2) is 6.17. The Kier molecular flexibility index (Phi) is 4.09. The van der Waals surface area contributed by atoms with Crippen LogP contribution in [0.5, 0.6) is 0 Å². The molecule has 1 aliphatic heterocycles. The minimum Gasteiger partial charge on any atom is -0.443 e. The summed E-state index contributed by atoms with van der Waals surface area (Å²) in [5.41, 5.74) is 1.96. The Hall–Kier alpha value is -2.37. The second-order valence-electron chi connectivity index (χ2n) is 5.46. The molecule has 0 atom stereocenters. The smallest absolute Gasteiger partial charge is 0.254 e. The third-order valence-electron chi connectivity index (χ3n) is 3.96. The molecule has 0 N–H and O–H groups in total. The number of hydrogen-bond donors (Lipinski definition) is 0. The van der Waals surface area contributed by atoms with Gasteiger partial charge in [-0.05, 0) is 24.6 Å². The van der Waals surface area contributed by atoms with Crippen molar-refractivity contribution in [3.63, 3.8) is 0 Å². The molecule has 0 radical (unpaired) electrons. The van der Waals surface area contributed by atoms with Crippen LogP contribution in [0, 0.1) is 0 Å². The fourth-order valence-electron chi connectivity index (χ4n) is 2.70. The van der Waals surface area contributed by atoms with Crippen LogP contribution < -0.4 is 0 Å². The number of oxazole rings is 1. The summed E-state index contributed by atoms with van der Waals surface area (Å²) in [7, 11) is 0. The van der Waals surface area contributed by atoms with Crippen LogP contribution in [-0.2, 0) is 4.79 Å². The van der Waals surface area contributed by atoms with E-state index in [1.165, 1.54) is 6.39 Å². The van der Waals surface area contributed by atoms with Gasteiger partial charge in [0.2, 0.25) is 5.91 Å². The first-order chi connectivity index (χ1) is 10.7. The molecule has 0 bridgehead atoms. The standard InChI is InChI=1S/C16H19N3O3/c1-2-3-15(20)18-6-8-19(9-7-18)16(21)12-4-5-14-13(10-12)17-11-22-14/h4-5,10-11H,2-3,6-9H2,1H3. The lowest BCUT2D eigenvalue weighted by Gasteiger charge is -2.34. The zero-order valence-corrected chi connectivity index (χ0v) is 12.6. The first-order valence-electron chi connectivity index (χ1n) is 7.59. The molecule has 2 amide bonds. The van der Waals surface area contributed by atoms with E-state index in [1.54, 1.807) is 23.1 Å². The average molecular weight is 301 g/mol. The van der Waals surface area contributed by atoms with Crippen LogP contribution in [0.3, 0.4) is 0 Å². The zero-order chi connectivity index (χ0) is 15.5. The van der Waals surface area contributed by atoms with Gasteiger partial charge in [-0.3, -0.25) is 9.59 Å². The van der Waals surface area contributed by atoms with Gasteiger partial charge in [0.15, 0.2) is 12.0 Å². The molecule has 3 rings (SSSR count). The predicted octanol–water partition coefficient (Wildman–Crippen LogP) is 1.91. The zero-order valence-electron chi connectivity index (χ0n) is 12.6. The van der Waals surface area contributed by atoms with Crippen LogP contribution in [0.2, 0.25) is 0 Å². The van der Waals surface area contributed by atoms with E-state index in [2.05, 4.69) is 4.98 Å². The minimum atomic E-state index is -0.0208. The van der Waals surface area contributed by atoms with E-state index in [9.17, 15) is 9.59 Å². The monoisotopic (exact) mass is 301 g/mol. The van der Waals surface area contributed by atoms with Crippen molar-refractivity contribution in [1.82, 2.24) is 14.8 Å². The molecule has 22 heavy (non-hydrogen) atoms. The Bertz CT molecular complexity index is 687. The van der Waals surface area contributed by atoms with E-state index in [-0.39, 0.29) is 11.8 Å². The molecule has 1 aromatic carbocycles. The van der Waals surface area contributed by atoms with Crippen molar-refractivity contribution >= 4 is 22.9 Å². The fourth-order valence-corrected chi connectivity index (χ4v) is 2.70. The van der Waals surface area contributed by atoms with Crippen LogP contribution in [-0.4, -0.2) is 52.8 Å². The van der Waals surface area contributed by atoms with Crippen molar-refractivity contribution in [1.29, 1.82) is 0 Å². The van der Waals surface area contributed by atoms with Crippen LogP contribution in [0.1, 0.15) is 30.1 Å². The third kappa shape index (κ3) is 2.81. The maximum absolute atomic E-state index is 12.5. The van der Waals surface area contributed by atoms with Crippen molar-refractivity contribution in [3.8, 4) is 0 Å².